The molecule has 0 spiro atoms. The van der Waals surface area contributed by atoms with E-state index in [-0.39, 0.29) is 0 Å². The van der Waals surface area contributed by atoms with Gasteiger partial charge in [-0.05, 0) is 36.8 Å². The van der Waals surface area contributed by atoms with Crippen molar-refractivity contribution in [2.45, 2.75) is 12.8 Å². The molecule has 2 unspecified atom stereocenters. The lowest BCUT2D eigenvalue weighted by Crippen LogP contribution is -2.36. The number of nitrogens with zero attached hydrogens (tertiary/aromatic N) is 1. The van der Waals surface area contributed by atoms with Crippen molar-refractivity contribution in [2.75, 3.05) is 25.9 Å². The lowest BCUT2D eigenvalue weighted by atomic mass is 9.75. The smallest absolute Gasteiger partial charge is 0.336 e. The summed E-state index contributed by atoms with van der Waals surface area (Å²) in [6, 6.07) is 16.6. The molecule has 1 aliphatic rings. The van der Waals surface area contributed by atoms with Crippen LogP contribution in [0.5, 0.6) is 5.75 Å². The first-order chi connectivity index (χ1) is 15.5. The van der Waals surface area contributed by atoms with Gasteiger partial charge in [-0.15, -0.1) is 11.8 Å². The molecule has 6 nitrogen and oxygen atoms in total. The van der Waals surface area contributed by atoms with E-state index in [9.17, 15) is 9.59 Å². The molecule has 168 valence electrons. The normalized spacial score (nSPS) is 18.1. The Morgan fingerprint density at radius 2 is 1.81 bits per heavy atom. The van der Waals surface area contributed by atoms with Crippen LogP contribution in [-0.4, -0.2) is 43.6 Å². The van der Waals surface area contributed by atoms with E-state index in [2.05, 4.69) is 4.99 Å². The van der Waals surface area contributed by atoms with E-state index in [1.807, 2.05) is 36.4 Å². The van der Waals surface area contributed by atoms with Crippen LogP contribution in [0.15, 0.2) is 70.9 Å². The Labute approximate surface area is 196 Å². The van der Waals surface area contributed by atoms with Crippen molar-refractivity contribution in [1.82, 2.24) is 0 Å². The van der Waals surface area contributed by atoms with Crippen molar-refractivity contribution in [3.63, 3.8) is 0 Å². The predicted molar refractivity (Wildman–Crippen MR) is 126 cm³/mol. The lowest BCUT2D eigenvalue weighted by Gasteiger charge is -2.31. The molecule has 2 aromatic rings. The fraction of sp³-hybridized carbons (Fsp3) is 0.292. The van der Waals surface area contributed by atoms with E-state index >= 15 is 0 Å². The van der Waals surface area contributed by atoms with Crippen molar-refractivity contribution in [3.05, 3.63) is 76.5 Å². The van der Waals surface area contributed by atoms with Gasteiger partial charge in [0.15, 0.2) is 0 Å². The minimum absolute atomic E-state index is 0.322. The number of hydrogen-bond donors (Lipinski definition) is 0. The lowest BCUT2D eigenvalue weighted by molar-refractivity contribution is -0.143. The third-order valence-corrected chi connectivity index (χ3v) is 6.07. The molecular formula is C24H24ClNO5S. The largest absolute Gasteiger partial charge is 0.483 e. The maximum Gasteiger partial charge on any atom is 0.336 e. The maximum absolute atomic E-state index is 12.9. The van der Waals surface area contributed by atoms with Gasteiger partial charge in [0, 0.05) is 22.4 Å². The zero-order chi connectivity index (χ0) is 23.1. The van der Waals surface area contributed by atoms with E-state index in [0.717, 1.165) is 5.75 Å². The zero-order valence-corrected chi connectivity index (χ0v) is 19.6. The van der Waals surface area contributed by atoms with Crippen LogP contribution < -0.4 is 4.74 Å². The highest BCUT2D eigenvalue weighted by Crippen LogP contribution is 2.41. The van der Waals surface area contributed by atoms with Gasteiger partial charge in [0.25, 0.3) is 0 Å². The highest BCUT2D eigenvalue weighted by Gasteiger charge is 2.42. The summed E-state index contributed by atoms with van der Waals surface area (Å²) in [5.41, 5.74) is 2.14. The summed E-state index contributed by atoms with van der Waals surface area (Å²) in [6.07, 6.45) is 0. The van der Waals surface area contributed by atoms with Crippen LogP contribution in [0.2, 0.25) is 5.02 Å². The predicted octanol–water partition coefficient (Wildman–Crippen LogP) is 4.88. The van der Waals surface area contributed by atoms with Crippen LogP contribution in [-0.2, 0) is 19.1 Å². The van der Waals surface area contributed by atoms with Gasteiger partial charge < -0.3 is 14.2 Å². The van der Waals surface area contributed by atoms with Crippen LogP contribution in [0.4, 0.5) is 0 Å². The van der Waals surface area contributed by atoms with Crippen molar-refractivity contribution >= 4 is 41.0 Å². The molecule has 0 saturated carbocycles. The summed E-state index contributed by atoms with van der Waals surface area (Å²) >= 11 is 7.69. The number of benzene rings is 2. The van der Waals surface area contributed by atoms with Crippen molar-refractivity contribution in [2.24, 2.45) is 10.9 Å². The Hall–Kier alpha value is -2.77. The molecule has 0 fully saturated rings. The number of rotatable bonds is 8. The van der Waals surface area contributed by atoms with Crippen LogP contribution in [0, 0.1) is 5.92 Å². The Balaban J connectivity index is 1.95. The van der Waals surface area contributed by atoms with E-state index in [1.54, 1.807) is 25.1 Å². The summed E-state index contributed by atoms with van der Waals surface area (Å²) in [4.78, 5) is 30.2. The molecule has 0 radical (unpaired) electrons. The zero-order valence-electron chi connectivity index (χ0n) is 18.0. The molecule has 32 heavy (non-hydrogen) atoms. The van der Waals surface area contributed by atoms with Gasteiger partial charge in [-0.1, -0.05) is 41.9 Å². The molecule has 0 bridgehead atoms. The van der Waals surface area contributed by atoms with E-state index in [1.165, 1.54) is 26.0 Å². The first-order valence-electron chi connectivity index (χ1n) is 9.91. The van der Waals surface area contributed by atoms with E-state index < -0.39 is 23.8 Å². The number of ether oxygens (including phenoxy) is 3. The highest BCUT2D eigenvalue weighted by atomic mass is 35.5. The van der Waals surface area contributed by atoms with Gasteiger partial charge in [-0.3, -0.25) is 9.79 Å². The molecular weight excluding hydrogens is 450 g/mol. The van der Waals surface area contributed by atoms with Crippen LogP contribution >= 0.6 is 23.4 Å². The van der Waals surface area contributed by atoms with Crippen molar-refractivity contribution in [1.29, 1.82) is 0 Å². The van der Waals surface area contributed by atoms with Gasteiger partial charge in [0.1, 0.15) is 17.6 Å². The molecule has 2 aromatic carbocycles. The molecule has 0 aromatic heterocycles. The number of methoxy groups -OCH3 is 2. The topological polar surface area (TPSA) is 74.2 Å². The van der Waals surface area contributed by atoms with Crippen LogP contribution in [0.1, 0.15) is 18.4 Å². The summed E-state index contributed by atoms with van der Waals surface area (Å²) in [7, 11) is 2.63. The molecule has 0 N–H and O–H groups in total. The molecule has 0 amide bonds. The Kier molecular flexibility index (Phi) is 8.36. The Morgan fingerprint density at radius 1 is 1.06 bits per heavy atom. The molecule has 1 aliphatic heterocycles. The van der Waals surface area contributed by atoms with Gasteiger partial charge >= 0.3 is 11.9 Å². The summed E-state index contributed by atoms with van der Waals surface area (Å²) < 4.78 is 15.9. The maximum atomic E-state index is 12.9. The minimum Gasteiger partial charge on any atom is -0.483 e. The number of carbonyl (C=O) groups is 2. The molecule has 3 rings (SSSR count). The number of aliphatic imine (C=N–C) groups is 1. The second kappa shape index (κ2) is 11.2. The minimum atomic E-state index is -0.762. The number of hydrogen-bond acceptors (Lipinski definition) is 7. The molecule has 8 heteroatoms. The van der Waals surface area contributed by atoms with E-state index in [4.69, 9.17) is 25.8 Å². The Bertz CT molecular complexity index is 1040. The van der Waals surface area contributed by atoms with Gasteiger partial charge in [0.05, 0.1) is 25.5 Å². The average Bonchev–Trinajstić information content (AvgIpc) is 2.81. The number of halogens is 1. The quantitative estimate of drug-likeness (QED) is 0.309. The first-order valence-corrected chi connectivity index (χ1v) is 11.4. The first kappa shape index (κ1) is 23.9. The molecule has 0 aliphatic carbocycles. The van der Waals surface area contributed by atoms with Crippen LogP contribution in [0.3, 0.4) is 0 Å². The summed E-state index contributed by atoms with van der Waals surface area (Å²) in [5, 5.41) is 0.502. The van der Waals surface area contributed by atoms with Gasteiger partial charge in [0.2, 0.25) is 0 Å². The van der Waals surface area contributed by atoms with Crippen LogP contribution in [0.25, 0.3) is 0 Å². The van der Waals surface area contributed by atoms with Gasteiger partial charge in [-0.2, -0.15) is 0 Å². The third-order valence-electron chi connectivity index (χ3n) is 5.08. The fourth-order valence-corrected chi connectivity index (χ4v) is 4.57. The van der Waals surface area contributed by atoms with Crippen molar-refractivity contribution < 1.29 is 23.8 Å². The summed E-state index contributed by atoms with van der Waals surface area (Å²) in [5.74, 6) is -0.874. The third kappa shape index (κ3) is 5.53. The molecule has 2 atom stereocenters. The van der Waals surface area contributed by atoms with Crippen molar-refractivity contribution in [3.8, 4) is 5.75 Å². The summed E-state index contributed by atoms with van der Waals surface area (Å²) in [6.45, 7) is 1.76. The number of carbonyl (C=O) groups excluding carboxylic acids is 2. The SMILES string of the molecule is COC(=O)C1=C(CSCOc2ccccc2)N=C(C)C(C(=O)OC)C1c1cccc(Cl)c1. The number of para-hydroxylation sites is 1. The number of esters is 2. The monoisotopic (exact) mass is 473 g/mol. The second-order valence-electron chi connectivity index (χ2n) is 7.06. The van der Waals surface area contributed by atoms with Gasteiger partial charge in [-0.25, -0.2) is 4.79 Å². The van der Waals surface area contributed by atoms with E-state index in [0.29, 0.717) is 39.3 Å². The highest BCUT2D eigenvalue weighted by molar-refractivity contribution is 7.99. The number of thioether (sulfide) groups is 1. The fourth-order valence-electron chi connectivity index (χ4n) is 3.65. The molecule has 1 heterocycles. The standard InChI is InChI=1S/C24H24ClNO5S/c1-15-20(23(27)29-2)21(16-8-7-9-17(25)12-16)22(24(28)30-3)19(26-15)13-32-14-31-18-10-5-4-6-11-18/h4-12,20-21H,13-14H2,1-3H3. The second-order valence-corrected chi connectivity index (χ2v) is 8.43. The molecule has 0 saturated heterocycles. The Morgan fingerprint density at radius 3 is 2.47 bits per heavy atom. The average molecular weight is 474 g/mol.